The van der Waals surface area contributed by atoms with Gasteiger partial charge in [0.2, 0.25) is 0 Å². The van der Waals surface area contributed by atoms with Crippen LogP contribution in [0.2, 0.25) is 0 Å². The first-order valence-corrected chi connectivity index (χ1v) is 5.85. The number of nitrogens with two attached hydrogens (primary N) is 1. The van der Waals surface area contributed by atoms with Gasteiger partial charge in [-0.3, -0.25) is 0 Å². The Labute approximate surface area is 103 Å². The molecule has 0 spiro atoms. The maximum atomic E-state index is 6.01. The van der Waals surface area contributed by atoms with E-state index >= 15 is 0 Å². The number of halogens is 1. The van der Waals surface area contributed by atoms with Crippen LogP contribution in [-0.2, 0) is 7.05 Å². The van der Waals surface area contributed by atoms with Crippen molar-refractivity contribution in [3.63, 3.8) is 0 Å². The molecule has 3 nitrogen and oxygen atoms in total. The van der Waals surface area contributed by atoms with Crippen LogP contribution in [0.5, 0.6) is 0 Å². The third-order valence-corrected chi connectivity index (χ3v) is 3.68. The SMILES string of the molecule is Cc1cc(-c2nc(C)n(C)c2N)ccc1Br. The molecule has 4 heteroatoms. The Morgan fingerprint density at radius 3 is 2.50 bits per heavy atom. The zero-order chi connectivity index (χ0) is 11.9. The number of imidazole rings is 1. The van der Waals surface area contributed by atoms with Crippen LogP contribution in [0.4, 0.5) is 5.82 Å². The maximum absolute atomic E-state index is 6.01. The maximum Gasteiger partial charge on any atom is 0.131 e. The number of nitrogen functional groups attached to an aromatic ring is 1. The summed E-state index contributed by atoms with van der Waals surface area (Å²) in [7, 11) is 1.92. The molecule has 1 heterocycles. The largest absolute Gasteiger partial charge is 0.383 e. The summed E-state index contributed by atoms with van der Waals surface area (Å²) in [6.45, 7) is 4.01. The molecule has 0 saturated carbocycles. The van der Waals surface area contributed by atoms with Crippen molar-refractivity contribution in [2.75, 3.05) is 5.73 Å². The van der Waals surface area contributed by atoms with Crippen molar-refractivity contribution in [2.24, 2.45) is 7.05 Å². The minimum absolute atomic E-state index is 0.708. The first-order valence-electron chi connectivity index (χ1n) is 5.06. The highest BCUT2D eigenvalue weighted by molar-refractivity contribution is 9.10. The Hall–Kier alpha value is -1.29. The lowest BCUT2D eigenvalue weighted by Gasteiger charge is -2.03. The molecule has 16 heavy (non-hydrogen) atoms. The number of benzene rings is 1. The molecule has 0 aliphatic heterocycles. The molecule has 0 aliphatic carbocycles. The molecular weight excluding hydrogens is 266 g/mol. The summed E-state index contributed by atoms with van der Waals surface area (Å²) < 4.78 is 3.00. The van der Waals surface area contributed by atoms with Crippen LogP contribution < -0.4 is 5.73 Å². The van der Waals surface area contributed by atoms with E-state index < -0.39 is 0 Å². The Kier molecular flexibility index (Phi) is 2.76. The second-order valence-electron chi connectivity index (χ2n) is 3.92. The Morgan fingerprint density at radius 1 is 1.31 bits per heavy atom. The van der Waals surface area contributed by atoms with Crippen LogP contribution in [0, 0.1) is 13.8 Å². The van der Waals surface area contributed by atoms with Crippen molar-refractivity contribution in [1.29, 1.82) is 0 Å². The van der Waals surface area contributed by atoms with Crippen LogP contribution in [0.3, 0.4) is 0 Å². The van der Waals surface area contributed by atoms with Gasteiger partial charge in [-0.1, -0.05) is 22.0 Å². The third kappa shape index (κ3) is 1.73. The number of rotatable bonds is 1. The quantitative estimate of drug-likeness (QED) is 0.872. The van der Waals surface area contributed by atoms with E-state index in [9.17, 15) is 0 Å². The van der Waals surface area contributed by atoms with Gasteiger partial charge in [-0.05, 0) is 31.5 Å². The molecule has 0 atom stereocenters. The predicted octanol–water partition coefficient (Wildman–Crippen LogP) is 3.05. The number of nitrogens with zero attached hydrogens (tertiary/aromatic N) is 2. The number of aryl methyl sites for hydroxylation is 2. The number of hydrogen-bond acceptors (Lipinski definition) is 2. The summed E-state index contributed by atoms with van der Waals surface area (Å²) in [6, 6.07) is 6.13. The van der Waals surface area contributed by atoms with Gasteiger partial charge < -0.3 is 10.3 Å². The van der Waals surface area contributed by atoms with E-state index in [0.29, 0.717) is 5.82 Å². The van der Waals surface area contributed by atoms with Gasteiger partial charge in [0, 0.05) is 17.1 Å². The topological polar surface area (TPSA) is 43.8 Å². The van der Waals surface area contributed by atoms with Crippen LogP contribution in [0.1, 0.15) is 11.4 Å². The minimum Gasteiger partial charge on any atom is -0.383 e. The lowest BCUT2D eigenvalue weighted by Crippen LogP contribution is -1.98. The molecule has 2 aromatic rings. The summed E-state index contributed by atoms with van der Waals surface area (Å²) in [4.78, 5) is 4.47. The fourth-order valence-electron chi connectivity index (χ4n) is 1.63. The normalized spacial score (nSPS) is 10.8. The molecule has 0 fully saturated rings. The van der Waals surface area contributed by atoms with Crippen molar-refractivity contribution >= 4 is 21.7 Å². The summed E-state index contributed by atoms with van der Waals surface area (Å²) in [5.74, 6) is 1.63. The van der Waals surface area contributed by atoms with Crippen molar-refractivity contribution in [2.45, 2.75) is 13.8 Å². The highest BCUT2D eigenvalue weighted by atomic mass is 79.9. The fourth-order valence-corrected chi connectivity index (χ4v) is 1.88. The molecule has 0 amide bonds. The molecule has 0 saturated heterocycles. The molecule has 0 radical (unpaired) electrons. The van der Waals surface area contributed by atoms with Crippen LogP contribution in [0.15, 0.2) is 22.7 Å². The van der Waals surface area contributed by atoms with Gasteiger partial charge in [-0.15, -0.1) is 0 Å². The highest BCUT2D eigenvalue weighted by Gasteiger charge is 2.11. The van der Waals surface area contributed by atoms with Gasteiger partial charge in [0.15, 0.2) is 0 Å². The Morgan fingerprint density at radius 2 is 2.00 bits per heavy atom. The molecule has 0 unspecified atom stereocenters. The van der Waals surface area contributed by atoms with Crippen molar-refractivity contribution in [1.82, 2.24) is 9.55 Å². The first-order chi connectivity index (χ1) is 7.50. The van der Waals surface area contributed by atoms with E-state index in [0.717, 1.165) is 21.6 Å². The summed E-state index contributed by atoms with van der Waals surface area (Å²) in [5, 5.41) is 0. The third-order valence-electron chi connectivity index (χ3n) is 2.79. The average Bonchev–Trinajstić information content (AvgIpc) is 2.50. The monoisotopic (exact) mass is 279 g/mol. The van der Waals surface area contributed by atoms with Crippen molar-refractivity contribution < 1.29 is 0 Å². The molecule has 2 rings (SSSR count). The van der Waals surface area contributed by atoms with E-state index in [1.165, 1.54) is 5.56 Å². The van der Waals surface area contributed by atoms with Gasteiger partial charge in [-0.25, -0.2) is 4.98 Å². The summed E-state index contributed by atoms with van der Waals surface area (Å²) in [5.41, 5.74) is 9.11. The van der Waals surface area contributed by atoms with Gasteiger partial charge in [0.25, 0.3) is 0 Å². The minimum atomic E-state index is 0.708. The summed E-state index contributed by atoms with van der Waals surface area (Å²) >= 11 is 3.48. The summed E-state index contributed by atoms with van der Waals surface area (Å²) in [6.07, 6.45) is 0. The van der Waals surface area contributed by atoms with E-state index in [-0.39, 0.29) is 0 Å². The number of aromatic nitrogens is 2. The number of anilines is 1. The molecule has 1 aromatic heterocycles. The Bertz CT molecular complexity index is 543. The smallest absolute Gasteiger partial charge is 0.131 e. The van der Waals surface area contributed by atoms with E-state index in [4.69, 9.17) is 5.73 Å². The first kappa shape index (κ1) is 11.2. The molecule has 2 N–H and O–H groups in total. The zero-order valence-corrected chi connectivity index (χ0v) is 11.2. The average molecular weight is 280 g/mol. The highest BCUT2D eigenvalue weighted by Crippen LogP contribution is 2.28. The van der Waals surface area contributed by atoms with Gasteiger partial charge in [0.05, 0.1) is 0 Å². The van der Waals surface area contributed by atoms with E-state index in [2.05, 4.69) is 33.9 Å². The standard InChI is InChI=1S/C12H14BrN3/c1-7-6-9(4-5-10(7)13)11-12(14)16(3)8(2)15-11/h4-6H,14H2,1-3H3. The second-order valence-corrected chi connectivity index (χ2v) is 4.77. The van der Waals surface area contributed by atoms with Gasteiger partial charge >= 0.3 is 0 Å². The molecular formula is C12H14BrN3. The van der Waals surface area contributed by atoms with Crippen LogP contribution >= 0.6 is 15.9 Å². The Balaban J connectivity index is 2.59. The molecule has 1 aromatic carbocycles. The van der Waals surface area contributed by atoms with Gasteiger partial charge in [0.1, 0.15) is 17.3 Å². The second kappa shape index (κ2) is 3.94. The van der Waals surface area contributed by atoms with E-state index in [1.54, 1.807) is 0 Å². The van der Waals surface area contributed by atoms with Crippen molar-refractivity contribution in [3.8, 4) is 11.3 Å². The zero-order valence-electron chi connectivity index (χ0n) is 9.58. The van der Waals surface area contributed by atoms with Gasteiger partial charge in [-0.2, -0.15) is 0 Å². The molecule has 0 bridgehead atoms. The molecule has 84 valence electrons. The molecule has 0 aliphatic rings. The van der Waals surface area contributed by atoms with E-state index in [1.807, 2.05) is 30.7 Å². The lowest BCUT2D eigenvalue weighted by molar-refractivity contribution is 0.868. The fraction of sp³-hybridized carbons (Fsp3) is 0.250. The number of hydrogen-bond donors (Lipinski definition) is 1. The predicted molar refractivity (Wildman–Crippen MR) is 70.2 cm³/mol. The van der Waals surface area contributed by atoms with Crippen LogP contribution in [-0.4, -0.2) is 9.55 Å². The van der Waals surface area contributed by atoms with Crippen LogP contribution in [0.25, 0.3) is 11.3 Å². The van der Waals surface area contributed by atoms with Crippen molar-refractivity contribution in [3.05, 3.63) is 34.1 Å². The lowest BCUT2D eigenvalue weighted by atomic mass is 10.1.